The van der Waals surface area contributed by atoms with Crippen molar-refractivity contribution in [1.82, 2.24) is 0 Å². The van der Waals surface area contributed by atoms with Crippen LogP contribution in [0.5, 0.6) is 5.75 Å². The molecule has 2 aromatic rings. The predicted octanol–water partition coefficient (Wildman–Crippen LogP) is 3.73. The molecule has 6 heteroatoms. The first-order valence-electron chi connectivity index (χ1n) is 8.30. The third-order valence-corrected chi connectivity index (χ3v) is 5.47. The molecule has 0 spiro atoms. The minimum Gasteiger partial charge on any atom is -0.492 e. The van der Waals surface area contributed by atoms with Crippen molar-refractivity contribution in [2.45, 2.75) is 27.2 Å². The Morgan fingerprint density at radius 1 is 1.32 bits per heavy atom. The number of hydrogen-bond donors (Lipinski definition) is 1. The number of ether oxygens (including phenoxy) is 2. The maximum Gasteiger partial charge on any atom is 0.341 e. The monoisotopic (exact) mass is 359 g/mol. The zero-order chi connectivity index (χ0) is 18.0. The average molecular weight is 359 g/mol. The van der Waals surface area contributed by atoms with Crippen LogP contribution >= 0.6 is 11.3 Å². The number of carbonyl (C=O) groups is 2. The van der Waals surface area contributed by atoms with Crippen molar-refractivity contribution >= 4 is 28.2 Å². The van der Waals surface area contributed by atoms with Gasteiger partial charge in [-0.2, -0.15) is 0 Å². The predicted molar refractivity (Wildman–Crippen MR) is 97.5 cm³/mol. The van der Waals surface area contributed by atoms with E-state index in [4.69, 9.17) is 9.47 Å². The number of thiophene rings is 1. The molecule has 132 valence electrons. The van der Waals surface area contributed by atoms with Gasteiger partial charge in [-0.15, -0.1) is 11.3 Å². The van der Waals surface area contributed by atoms with Crippen LogP contribution in [0.15, 0.2) is 24.3 Å². The van der Waals surface area contributed by atoms with E-state index in [1.807, 2.05) is 38.1 Å². The van der Waals surface area contributed by atoms with E-state index in [-0.39, 0.29) is 11.8 Å². The molecule has 1 atom stereocenters. The lowest BCUT2D eigenvalue weighted by molar-refractivity contribution is -0.121. The molecule has 0 saturated heterocycles. The molecule has 0 saturated carbocycles. The quantitative estimate of drug-likeness (QED) is 0.845. The topological polar surface area (TPSA) is 64.6 Å². The summed E-state index contributed by atoms with van der Waals surface area (Å²) >= 11 is 1.40. The minimum atomic E-state index is -0.398. The average Bonchev–Trinajstić information content (AvgIpc) is 2.88. The lowest BCUT2D eigenvalue weighted by atomic mass is 9.96. The van der Waals surface area contributed by atoms with Gasteiger partial charge >= 0.3 is 5.97 Å². The van der Waals surface area contributed by atoms with Crippen molar-refractivity contribution in [3.05, 3.63) is 45.8 Å². The second-order valence-corrected chi connectivity index (χ2v) is 7.24. The van der Waals surface area contributed by atoms with Gasteiger partial charge in [0.2, 0.25) is 5.91 Å². The fourth-order valence-corrected chi connectivity index (χ4v) is 3.93. The van der Waals surface area contributed by atoms with Crippen molar-refractivity contribution in [2.75, 3.05) is 18.5 Å². The van der Waals surface area contributed by atoms with Crippen LogP contribution in [0.25, 0.3) is 0 Å². The summed E-state index contributed by atoms with van der Waals surface area (Å²) in [5.41, 5.74) is 2.33. The van der Waals surface area contributed by atoms with Crippen LogP contribution in [0.1, 0.15) is 33.3 Å². The molecule has 5 nitrogen and oxygen atoms in total. The molecule has 25 heavy (non-hydrogen) atoms. The van der Waals surface area contributed by atoms with E-state index in [0.717, 1.165) is 21.8 Å². The Labute approximate surface area is 151 Å². The second kappa shape index (κ2) is 7.27. The highest BCUT2D eigenvalue weighted by atomic mass is 32.1. The van der Waals surface area contributed by atoms with Crippen molar-refractivity contribution in [3.8, 4) is 5.75 Å². The van der Waals surface area contributed by atoms with E-state index in [9.17, 15) is 9.59 Å². The number of para-hydroxylation sites is 1. The molecule has 2 heterocycles. The molecule has 1 amide bonds. The molecule has 0 radical (unpaired) electrons. The summed E-state index contributed by atoms with van der Waals surface area (Å²) in [6.07, 6.45) is 0.625. The fourth-order valence-electron chi connectivity index (χ4n) is 2.87. The highest BCUT2D eigenvalue weighted by molar-refractivity contribution is 7.16. The Morgan fingerprint density at radius 2 is 2.08 bits per heavy atom. The number of aryl methyl sites for hydroxylation is 1. The van der Waals surface area contributed by atoms with Gasteiger partial charge in [0.25, 0.3) is 0 Å². The van der Waals surface area contributed by atoms with Gasteiger partial charge in [0.15, 0.2) is 0 Å². The van der Waals surface area contributed by atoms with Crippen LogP contribution in [-0.2, 0) is 16.0 Å². The number of rotatable bonds is 4. The molecule has 0 bridgehead atoms. The Morgan fingerprint density at radius 3 is 2.84 bits per heavy atom. The lowest BCUT2D eigenvalue weighted by Gasteiger charge is -2.24. The summed E-state index contributed by atoms with van der Waals surface area (Å²) in [4.78, 5) is 25.9. The molecule has 1 N–H and O–H groups in total. The van der Waals surface area contributed by atoms with Gasteiger partial charge in [0.05, 0.1) is 18.1 Å². The number of carbonyl (C=O) groups excluding carboxylic acids is 2. The van der Waals surface area contributed by atoms with Crippen LogP contribution in [-0.4, -0.2) is 25.1 Å². The van der Waals surface area contributed by atoms with Crippen molar-refractivity contribution in [2.24, 2.45) is 5.92 Å². The Hall–Kier alpha value is -2.34. The standard InChI is InChI=1S/C19H21NO4S/c1-4-23-19(22)16-11(2)12(3)25-18(16)20-17(21)14-9-13-7-5-6-8-15(13)24-10-14/h5-8,14H,4,9-10H2,1-3H3,(H,20,21)/t14-/m0/s1. The first kappa shape index (κ1) is 17.5. The van der Waals surface area contributed by atoms with E-state index < -0.39 is 5.97 Å². The molecule has 1 aromatic heterocycles. The summed E-state index contributed by atoms with van der Waals surface area (Å²) in [6.45, 7) is 6.20. The normalized spacial score (nSPS) is 15.9. The van der Waals surface area contributed by atoms with Crippen molar-refractivity contribution in [3.63, 3.8) is 0 Å². The zero-order valence-corrected chi connectivity index (χ0v) is 15.4. The van der Waals surface area contributed by atoms with Crippen molar-refractivity contribution < 1.29 is 19.1 Å². The van der Waals surface area contributed by atoms with Gasteiger partial charge in [0, 0.05) is 4.88 Å². The largest absolute Gasteiger partial charge is 0.492 e. The van der Waals surface area contributed by atoms with Crippen LogP contribution in [0, 0.1) is 19.8 Å². The molecular formula is C19H21NO4S. The van der Waals surface area contributed by atoms with Gasteiger partial charge in [-0.1, -0.05) is 18.2 Å². The van der Waals surface area contributed by atoms with E-state index >= 15 is 0 Å². The van der Waals surface area contributed by atoms with Crippen LogP contribution in [0.3, 0.4) is 0 Å². The first-order chi connectivity index (χ1) is 12.0. The van der Waals surface area contributed by atoms with Gasteiger partial charge in [-0.25, -0.2) is 4.79 Å². The Bertz CT molecular complexity index is 812. The first-order valence-corrected chi connectivity index (χ1v) is 9.11. The highest BCUT2D eigenvalue weighted by Crippen LogP contribution is 2.34. The number of anilines is 1. The zero-order valence-electron chi connectivity index (χ0n) is 14.5. The molecule has 1 aliphatic rings. The highest BCUT2D eigenvalue weighted by Gasteiger charge is 2.28. The summed E-state index contributed by atoms with van der Waals surface area (Å²) in [5, 5.41) is 3.46. The van der Waals surface area contributed by atoms with Crippen LogP contribution < -0.4 is 10.1 Å². The van der Waals surface area contributed by atoms with Gasteiger partial charge < -0.3 is 14.8 Å². The number of amides is 1. The number of benzene rings is 1. The van der Waals surface area contributed by atoms with E-state index in [0.29, 0.717) is 30.2 Å². The second-order valence-electron chi connectivity index (χ2n) is 6.02. The number of fused-ring (bicyclic) bond motifs is 1. The molecule has 0 aliphatic carbocycles. The number of hydrogen-bond acceptors (Lipinski definition) is 5. The molecule has 1 aliphatic heterocycles. The molecule has 0 fully saturated rings. The van der Waals surface area contributed by atoms with Crippen LogP contribution in [0.4, 0.5) is 5.00 Å². The molecular weight excluding hydrogens is 338 g/mol. The maximum atomic E-state index is 12.7. The summed E-state index contributed by atoms with van der Waals surface area (Å²) < 4.78 is 10.8. The van der Waals surface area contributed by atoms with E-state index in [2.05, 4.69) is 5.32 Å². The lowest BCUT2D eigenvalue weighted by Crippen LogP contribution is -2.32. The van der Waals surface area contributed by atoms with Crippen molar-refractivity contribution in [1.29, 1.82) is 0 Å². The molecule has 3 rings (SSSR count). The molecule has 1 aromatic carbocycles. The Kier molecular flexibility index (Phi) is 5.08. The summed E-state index contributed by atoms with van der Waals surface area (Å²) in [5.74, 6) is 0.0143. The number of esters is 1. The van der Waals surface area contributed by atoms with Gasteiger partial charge in [-0.05, 0) is 44.4 Å². The SMILES string of the molecule is CCOC(=O)c1c(NC(=O)[C@@H]2COc3ccccc3C2)sc(C)c1C. The number of nitrogens with one attached hydrogen (secondary N) is 1. The van der Waals surface area contributed by atoms with Gasteiger partial charge in [0.1, 0.15) is 17.4 Å². The minimum absolute atomic E-state index is 0.138. The molecule has 0 unspecified atom stereocenters. The third kappa shape index (κ3) is 3.54. The summed E-state index contributed by atoms with van der Waals surface area (Å²) in [6, 6.07) is 7.74. The Balaban J connectivity index is 1.78. The fraction of sp³-hybridized carbons (Fsp3) is 0.368. The smallest absolute Gasteiger partial charge is 0.341 e. The third-order valence-electron chi connectivity index (χ3n) is 4.35. The van der Waals surface area contributed by atoms with E-state index in [1.54, 1.807) is 6.92 Å². The maximum absolute atomic E-state index is 12.7. The van der Waals surface area contributed by atoms with Crippen LogP contribution in [0.2, 0.25) is 0 Å². The summed E-state index contributed by atoms with van der Waals surface area (Å²) in [7, 11) is 0. The van der Waals surface area contributed by atoms with Gasteiger partial charge in [-0.3, -0.25) is 4.79 Å². The van der Waals surface area contributed by atoms with E-state index in [1.165, 1.54) is 11.3 Å².